The van der Waals surface area contributed by atoms with Gasteiger partial charge in [0.15, 0.2) is 6.61 Å². The molecule has 0 bridgehead atoms. The molecule has 1 aliphatic rings. The Bertz CT molecular complexity index is 1340. The zero-order chi connectivity index (χ0) is 24.9. The SMILES string of the molecule is COC(=O)COc1ccc([C@@H]2N(Cc3ccccc3)c3ccccc3C(=O)N2c2ccccc2)cc1. The van der Waals surface area contributed by atoms with Gasteiger partial charge in [-0.15, -0.1) is 0 Å². The molecule has 0 spiro atoms. The molecule has 5 rings (SSSR count). The third kappa shape index (κ3) is 4.66. The number of rotatable bonds is 7. The molecule has 0 aliphatic carbocycles. The van der Waals surface area contributed by atoms with Crippen molar-refractivity contribution in [2.45, 2.75) is 12.7 Å². The van der Waals surface area contributed by atoms with E-state index < -0.39 is 12.1 Å². The minimum Gasteiger partial charge on any atom is -0.482 e. The van der Waals surface area contributed by atoms with Gasteiger partial charge in [-0.1, -0.05) is 72.8 Å². The van der Waals surface area contributed by atoms with Crippen molar-refractivity contribution in [1.82, 2.24) is 0 Å². The minimum atomic E-state index is -0.446. The molecular formula is C30H26N2O4. The maximum absolute atomic E-state index is 13.9. The van der Waals surface area contributed by atoms with Crippen molar-refractivity contribution in [1.29, 1.82) is 0 Å². The van der Waals surface area contributed by atoms with Gasteiger partial charge in [0.1, 0.15) is 11.9 Å². The van der Waals surface area contributed by atoms with E-state index >= 15 is 0 Å². The zero-order valence-corrected chi connectivity index (χ0v) is 19.9. The predicted molar refractivity (Wildman–Crippen MR) is 139 cm³/mol. The average molecular weight is 479 g/mol. The summed E-state index contributed by atoms with van der Waals surface area (Å²) in [5.74, 6) is 0.0440. The van der Waals surface area contributed by atoms with Crippen molar-refractivity contribution in [2.75, 3.05) is 23.5 Å². The highest BCUT2D eigenvalue weighted by Crippen LogP contribution is 2.42. The summed E-state index contributed by atoms with van der Waals surface area (Å²) in [6.45, 7) is 0.446. The molecule has 0 fully saturated rings. The molecule has 1 amide bonds. The number of ether oxygens (including phenoxy) is 2. The Hall–Kier alpha value is -4.58. The van der Waals surface area contributed by atoms with Crippen molar-refractivity contribution in [3.8, 4) is 5.75 Å². The second-order valence-corrected chi connectivity index (χ2v) is 8.45. The standard InChI is InChI=1S/C30H26N2O4/c1-35-28(33)21-36-25-18-16-23(17-19-25)29-31(20-22-10-4-2-5-11-22)27-15-9-8-14-26(27)30(34)32(29)24-12-6-3-7-13-24/h2-19,29H,20-21H2,1H3/t29-/m1/s1. The van der Waals surface area contributed by atoms with Crippen LogP contribution >= 0.6 is 0 Å². The van der Waals surface area contributed by atoms with Crippen LogP contribution in [0, 0.1) is 0 Å². The van der Waals surface area contributed by atoms with Crippen LogP contribution in [0.25, 0.3) is 0 Å². The molecule has 0 unspecified atom stereocenters. The first-order valence-corrected chi connectivity index (χ1v) is 11.7. The van der Waals surface area contributed by atoms with Gasteiger partial charge in [0.25, 0.3) is 5.91 Å². The summed E-state index contributed by atoms with van der Waals surface area (Å²) in [5.41, 5.74) is 4.41. The van der Waals surface area contributed by atoms with E-state index in [1.54, 1.807) is 0 Å². The Labute approximate surface area is 210 Å². The molecule has 0 aromatic heterocycles. The van der Waals surface area contributed by atoms with E-state index in [0.717, 1.165) is 22.5 Å². The lowest BCUT2D eigenvalue weighted by Crippen LogP contribution is -2.49. The number of hydrogen-bond donors (Lipinski definition) is 0. The summed E-state index contributed by atoms with van der Waals surface area (Å²) in [7, 11) is 1.33. The number of nitrogens with zero attached hydrogens (tertiary/aromatic N) is 2. The molecule has 1 heterocycles. The molecule has 0 N–H and O–H groups in total. The number of hydrogen-bond acceptors (Lipinski definition) is 5. The predicted octanol–water partition coefficient (Wildman–Crippen LogP) is 5.60. The van der Waals surface area contributed by atoms with E-state index in [1.165, 1.54) is 7.11 Å². The Morgan fingerprint density at radius 1 is 0.806 bits per heavy atom. The van der Waals surface area contributed by atoms with Gasteiger partial charge >= 0.3 is 5.97 Å². The summed E-state index contributed by atoms with van der Waals surface area (Å²) >= 11 is 0. The number of carbonyl (C=O) groups is 2. The highest BCUT2D eigenvalue weighted by Gasteiger charge is 2.39. The fourth-order valence-corrected chi connectivity index (χ4v) is 4.48. The first-order valence-electron chi connectivity index (χ1n) is 11.7. The molecule has 6 nitrogen and oxygen atoms in total. The van der Waals surface area contributed by atoms with Gasteiger partial charge in [0.2, 0.25) is 0 Å². The quantitative estimate of drug-likeness (QED) is 0.324. The van der Waals surface area contributed by atoms with Crippen LogP contribution in [0.2, 0.25) is 0 Å². The molecule has 1 atom stereocenters. The van der Waals surface area contributed by atoms with Gasteiger partial charge in [-0.25, -0.2) is 4.79 Å². The highest BCUT2D eigenvalue weighted by atomic mass is 16.6. The summed E-state index contributed by atoms with van der Waals surface area (Å²) in [6.07, 6.45) is -0.398. The molecule has 180 valence electrons. The number of carbonyl (C=O) groups excluding carboxylic acids is 2. The monoisotopic (exact) mass is 478 g/mol. The first kappa shape index (κ1) is 23.2. The average Bonchev–Trinajstić information content (AvgIpc) is 2.94. The molecule has 0 saturated heterocycles. The van der Waals surface area contributed by atoms with E-state index in [1.807, 2.05) is 102 Å². The Balaban J connectivity index is 1.60. The van der Waals surface area contributed by atoms with Gasteiger partial charge in [-0.3, -0.25) is 9.69 Å². The molecule has 36 heavy (non-hydrogen) atoms. The first-order chi connectivity index (χ1) is 17.7. The second kappa shape index (κ2) is 10.4. The van der Waals surface area contributed by atoms with E-state index in [9.17, 15) is 9.59 Å². The zero-order valence-electron chi connectivity index (χ0n) is 19.9. The number of fused-ring (bicyclic) bond motifs is 1. The fourth-order valence-electron chi connectivity index (χ4n) is 4.48. The number of para-hydroxylation sites is 2. The van der Waals surface area contributed by atoms with E-state index in [2.05, 4.69) is 21.8 Å². The van der Waals surface area contributed by atoms with Gasteiger partial charge < -0.3 is 14.4 Å². The molecule has 6 heteroatoms. The van der Waals surface area contributed by atoms with Crippen LogP contribution in [0.15, 0.2) is 109 Å². The lowest BCUT2D eigenvalue weighted by molar-refractivity contribution is -0.142. The summed E-state index contributed by atoms with van der Waals surface area (Å²) in [6, 6.07) is 35.2. The van der Waals surface area contributed by atoms with Crippen molar-refractivity contribution >= 4 is 23.3 Å². The normalized spacial score (nSPS) is 14.8. The number of methoxy groups -OCH3 is 1. The van der Waals surface area contributed by atoms with Gasteiger partial charge in [-0.05, 0) is 47.5 Å². The third-order valence-electron chi connectivity index (χ3n) is 6.20. The molecular weight excluding hydrogens is 452 g/mol. The summed E-state index contributed by atoms with van der Waals surface area (Å²) < 4.78 is 10.2. The number of esters is 1. The maximum Gasteiger partial charge on any atom is 0.343 e. The van der Waals surface area contributed by atoms with Crippen LogP contribution < -0.4 is 14.5 Å². The molecule has 0 radical (unpaired) electrons. The topological polar surface area (TPSA) is 59.1 Å². The number of amides is 1. The maximum atomic E-state index is 13.9. The summed E-state index contributed by atoms with van der Waals surface area (Å²) in [5, 5.41) is 0. The Morgan fingerprint density at radius 3 is 2.14 bits per heavy atom. The van der Waals surface area contributed by atoms with Gasteiger partial charge in [0.05, 0.1) is 18.4 Å². The van der Waals surface area contributed by atoms with Gasteiger partial charge in [0, 0.05) is 12.2 Å². The smallest absolute Gasteiger partial charge is 0.343 e. The van der Waals surface area contributed by atoms with Crippen LogP contribution in [-0.2, 0) is 16.1 Å². The second-order valence-electron chi connectivity index (χ2n) is 8.45. The highest BCUT2D eigenvalue weighted by molar-refractivity contribution is 6.12. The third-order valence-corrected chi connectivity index (χ3v) is 6.20. The lowest BCUT2D eigenvalue weighted by Gasteiger charge is -2.46. The molecule has 4 aromatic carbocycles. The van der Waals surface area contributed by atoms with Gasteiger partial charge in [-0.2, -0.15) is 0 Å². The Morgan fingerprint density at radius 2 is 1.44 bits per heavy atom. The number of benzene rings is 4. The largest absolute Gasteiger partial charge is 0.482 e. The van der Waals surface area contributed by atoms with Crippen LogP contribution in [0.4, 0.5) is 11.4 Å². The van der Waals surface area contributed by atoms with E-state index in [-0.39, 0.29) is 12.5 Å². The van der Waals surface area contributed by atoms with Crippen LogP contribution in [0.5, 0.6) is 5.75 Å². The van der Waals surface area contributed by atoms with Crippen LogP contribution in [-0.4, -0.2) is 25.6 Å². The van der Waals surface area contributed by atoms with Crippen LogP contribution in [0.1, 0.15) is 27.7 Å². The van der Waals surface area contributed by atoms with Crippen molar-refractivity contribution in [3.05, 3.63) is 126 Å². The molecule has 1 aliphatic heterocycles. The summed E-state index contributed by atoms with van der Waals surface area (Å²) in [4.78, 5) is 29.5. The van der Waals surface area contributed by atoms with Crippen LogP contribution in [0.3, 0.4) is 0 Å². The van der Waals surface area contributed by atoms with Crippen molar-refractivity contribution in [3.63, 3.8) is 0 Å². The number of anilines is 2. The van der Waals surface area contributed by atoms with Crippen molar-refractivity contribution < 1.29 is 19.1 Å². The van der Waals surface area contributed by atoms with Crippen molar-refractivity contribution in [2.24, 2.45) is 0 Å². The Kier molecular flexibility index (Phi) is 6.67. The minimum absolute atomic E-state index is 0.0582. The van der Waals surface area contributed by atoms with E-state index in [0.29, 0.717) is 17.9 Å². The molecule has 0 saturated carbocycles. The fraction of sp³-hybridized carbons (Fsp3) is 0.133. The molecule has 4 aromatic rings. The van der Waals surface area contributed by atoms with E-state index in [4.69, 9.17) is 4.74 Å². The lowest BCUT2D eigenvalue weighted by atomic mass is 9.99.